The number of rotatable bonds is 7. The fraction of sp³-hybridized carbons (Fsp3) is 0.929. The molecule has 14 heavy (non-hydrogen) atoms. The van der Waals surface area contributed by atoms with Crippen LogP contribution in [0.5, 0.6) is 0 Å². The van der Waals surface area contributed by atoms with E-state index in [2.05, 4.69) is 34.6 Å². The molecule has 0 bridgehead atoms. The van der Waals surface area contributed by atoms with E-state index in [0.717, 1.165) is 12.3 Å². The van der Waals surface area contributed by atoms with E-state index in [-0.39, 0.29) is 0 Å². The smallest absolute Gasteiger partial charge is 0.0383 e. The van der Waals surface area contributed by atoms with Gasteiger partial charge in [-0.3, -0.25) is 0 Å². The van der Waals surface area contributed by atoms with Crippen molar-refractivity contribution in [3.63, 3.8) is 0 Å². The molecule has 1 unspecified atom stereocenters. The van der Waals surface area contributed by atoms with Gasteiger partial charge in [0.2, 0.25) is 0 Å². The Hall–Kier alpha value is 0. The minimum atomic E-state index is 0.528. The molecule has 0 N–H and O–H groups in total. The van der Waals surface area contributed by atoms with Crippen molar-refractivity contribution in [2.75, 3.05) is 0 Å². The number of unbranched alkanes of at least 4 members (excludes halogenated alkanes) is 3. The maximum Gasteiger partial charge on any atom is -0.0383 e. The van der Waals surface area contributed by atoms with Gasteiger partial charge in [0.1, 0.15) is 0 Å². The van der Waals surface area contributed by atoms with Crippen LogP contribution in [0.15, 0.2) is 0 Å². The van der Waals surface area contributed by atoms with Crippen LogP contribution in [0, 0.1) is 18.3 Å². The van der Waals surface area contributed by atoms with Gasteiger partial charge in [0, 0.05) is 0 Å². The maximum atomic E-state index is 3.93. The SMILES string of the molecule is [CH2]CC(C)CCCCCCC(C)(C)C. The fourth-order valence-electron chi connectivity index (χ4n) is 1.65. The van der Waals surface area contributed by atoms with Crippen molar-refractivity contribution in [1.82, 2.24) is 0 Å². The summed E-state index contributed by atoms with van der Waals surface area (Å²) < 4.78 is 0. The first kappa shape index (κ1) is 14.0. The average Bonchev–Trinajstić information content (AvgIpc) is 2.08. The second-order valence-corrected chi connectivity index (χ2v) is 5.91. The molecular formula is C14H29. The molecule has 0 saturated carbocycles. The third-order valence-electron chi connectivity index (χ3n) is 2.87. The molecule has 0 aromatic carbocycles. The van der Waals surface area contributed by atoms with Gasteiger partial charge in [-0.15, -0.1) is 0 Å². The third kappa shape index (κ3) is 10.1. The van der Waals surface area contributed by atoms with Crippen LogP contribution in [0.25, 0.3) is 0 Å². The summed E-state index contributed by atoms with van der Waals surface area (Å²) in [4.78, 5) is 0. The Labute approximate surface area is 91.5 Å². The van der Waals surface area contributed by atoms with E-state index in [4.69, 9.17) is 0 Å². The lowest BCUT2D eigenvalue weighted by molar-refractivity contribution is 0.354. The molecule has 0 amide bonds. The van der Waals surface area contributed by atoms with Gasteiger partial charge < -0.3 is 0 Å². The van der Waals surface area contributed by atoms with Crippen LogP contribution in [0.3, 0.4) is 0 Å². The zero-order valence-electron chi connectivity index (χ0n) is 10.7. The topological polar surface area (TPSA) is 0 Å². The first-order valence-corrected chi connectivity index (χ1v) is 6.25. The molecule has 0 aliphatic rings. The van der Waals surface area contributed by atoms with E-state index in [1.165, 1.54) is 38.5 Å². The summed E-state index contributed by atoms with van der Waals surface area (Å²) in [5.74, 6) is 0.831. The molecular weight excluding hydrogens is 168 g/mol. The van der Waals surface area contributed by atoms with Gasteiger partial charge in [0.15, 0.2) is 0 Å². The quantitative estimate of drug-likeness (QED) is 0.490. The summed E-state index contributed by atoms with van der Waals surface area (Å²) >= 11 is 0. The summed E-state index contributed by atoms with van der Waals surface area (Å²) in [5.41, 5.74) is 0.528. The Morgan fingerprint density at radius 3 is 2.07 bits per heavy atom. The van der Waals surface area contributed by atoms with Crippen molar-refractivity contribution in [2.45, 2.75) is 72.6 Å². The summed E-state index contributed by atoms with van der Waals surface area (Å²) in [7, 11) is 0. The predicted octanol–water partition coefficient (Wildman–Crippen LogP) is 5.23. The Morgan fingerprint density at radius 2 is 1.57 bits per heavy atom. The van der Waals surface area contributed by atoms with E-state index in [1.54, 1.807) is 0 Å². The zero-order chi connectivity index (χ0) is 11.0. The van der Waals surface area contributed by atoms with Gasteiger partial charge in [-0.05, 0) is 17.8 Å². The summed E-state index contributed by atoms with van der Waals surface area (Å²) in [5, 5.41) is 0. The molecule has 0 aliphatic heterocycles. The summed E-state index contributed by atoms with van der Waals surface area (Å²) in [6.07, 6.45) is 9.49. The van der Waals surface area contributed by atoms with Gasteiger partial charge >= 0.3 is 0 Å². The van der Waals surface area contributed by atoms with Gasteiger partial charge in [0.25, 0.3) is 0 Å². The molecule has 0 rings (SSSR count). The van der Waals surface area contributed by atoms with Crippen molar-refractivity contribution in [3.8, 4) is 0 Å². The van der Waals surface area contributed by atoms with Crippen molar-refractivity contribution < 1.29 is 0 Å². The van der Waals surface area contributed by atoms with Crippen LogP contribution in [-0.4, -0.2) is 0 Å². The van der Waals surface area contributed by atoms with E-state index >= 15 is 0 Å². The van der Waals surface area contributed by atoms with Gasteiger partial charge in [-0.25, -0.2) is 0 Å². The highest BCUT2D eigenvalue weighted by Crippen LogP contribution is 2.22. The van der Waals surface area contributed by atoms with Crippen molar-refractivity contribution in [2.24, 2.45) is 11.3 Å². The Bertz CT molecular complexity index is 118. The lowest BCUT2D eigenvalue weighted by atomic mass is 9.89. The van der Waals surface area contributed by atoms with E-state index < -0.39 is 0 Å². The number of hydrogen-bond acceptors (Lipinski definition) is 0. The summed E-state index contributed by atoms with van der Waals surface area (Å²) in [6, 6.07) is 0. The summed E-state index contributed by atoms with van der Waals surface area (Å²) in [6.45, 7) is 13.2. The first-order valence-electron chi connectivity index (χ1n) is 6.25. The molecule has 0 aromatic heterocycles. The second-order valence-electron chi connectivity index (χ2n) is 5.91. The molecule has 0 aliphatic carbocycles. The largest absolute Gasteiger partial charge is 0.0625 e. The highest BCUT2D eigenvalue weighted by atomic mass is 14.1. The number of hydrogen-bond donors (Lipinski definition) is 0. The highest BCUT2D eigenvalue weighted by molar-refractivity contribution is 4.61. The van der Waals surface area contributed by atoms with Gasteiger partial charge in [0.05, 0.1) is 0 Å². The molecule has 1 radical (unpaired) electrons. The third-order valence-corrected chi connectivity index (χ3v) is 2.87. The van der Waals surface area contributed by atoms with Crippen LogP contribution in [0.1, 0.15) is 72.6 Å². The van der Waals surface area contributed by atoms with Crippen molar-refractivity contribution >= 4 is 0 Å². The standard InChI is InChI=1S/C14H29/c1-6-13(2)11-9-7-8-10-12-14(3,4)5/h13H,1,6-12H2,2-5H3. The van der Waals surface area contributed by atoms with Crippen LogP contribution in [0.2, 0.25) is 0 Å². The fourth-order valence-corrected chi connectivity index (χ4v) is 1.65. The van der Waals surface area contributed by atoms with Crippen molar-refractivity contribution in [1.29, 1.82) is 0 Å². The van der Waals surface area contributed by atoms with Gasteiger partial charge in [-0.2, -0.15) is 0 Å². The van der Waals surface area contributed by atoms with Crippen LogP contribution < -0.4 is 0 Å². The Balaban J connectivity index is 3.14. The van der Waals surface area contributed by atoms with E-state index in [0.29, 0.717) is 5.41 Å². The maximum absolute atomic E-state index is 3.93. The minimum absolute atomic E-state index is 0.528. The second kappa shape index (κ2) is 7.31. The van der Waals surface area contributed by atoms with Gasteiger partial charge in [-0.1, -0.05) is 73.1 Å². The minimum Gasteiger partial charge on any atom is -0.0625 e. The molecule has 0 aromatic rings. The van der Waals surface area contributed by atoms with E-state index in [1.807, 2.05) is 0 Å². The molecule has 85 valence electrons. The normalized spacial score (nSPS) is 14.4. The first-order chi connectivity index (χ1) is 6.45. The lowest BCUT2D eigenvalue weighted by Gasteiger charge is -2.17. The molecule has 0 heterocycles. The highest BCUT2D eigenvalue weighted by Gasteiger charge is 2.08. The average molecular weight is 197 g/mol. The van der Waals surface area contributed by atoms with E-state index in [9.17, 15) is 0 Å². The van der Waals surface area contributed by atoms with Crippen LogP contribution in [-0.2, 0) is 0 Å². The zero-order valence-corrected chi connectivity index (χ0v) is 10.7. The molecule has 0 saturated heterocycles. The van der Waals surface area contributed by atoms with Crippen molar-refractivity contribution in [3.05, 3.63) is 6.92 Å². The lowest BCUT2D eigenvalue weighted by Crippen LogP contribution is -2.03. The molecule has 0 fully saturated rings. The molecule has 1 atom stereocenters. The van der Waals surface area contributed by atoms with Crippen LogP contribution >= 0.6 is 0 Å². The Morgan fingerprint density at radius 1 is 1.00 bits per heavy atom. The molecule has 0 spiro atoms. The molecule has 0 nitrogen and oxygen atoms in total. The monoisotopic (exact) mass is 197 g/mol. The Kier molecular flexibility index (Phi) is 7.31. The van der Waals surface area contributed by atoms with Crippen LogP contribution in [0.4, 0.5) is 0 Å². The molecule has 0 heteroatoms. The predicted molar refractivity (Wildman–Crippen MR) is 66.3 cm³/mol.